The first-order valence-corrected chi connectivity index (χ1v) is 4.40. The van der Waals surface area contributed by atoms with Crippen molar-refractivity contribution < 1.29 is 0 Å². The van der Waals surface area contributed by atoms with Crippen LogP contribution in [0.3, 0.4) is 0 Å². The first-order chi connectivity index (χ1) is 5.74. The highest BCUT2D eigenvalue weighted by molar-refractivity contribution is 7.80. The maximum absolute atomic E-state index is 5.70. The molecular formula is C7H4Cl2N2S. The third-order valence-electron chi connectivity index (χ3n) is 1.01. The van der Waals surface area contributed by atoms with Crippen molar-refractivity contribution in [3.63, 3.8) is 0 Å². The molecule has 5 heteroatoms. The lowest BCUT2D eigenvalue weighted by Crippen LogP contribution is -1.86. The molecule has 2 nitrogen and oxygen atoms in total. The fourth-order valence-corrected chi connectivity index (χ4v) is 0.991. The van der Waals surface area contributed by atoms with E-state index in [-0.39, 0.29) is 10.4 Å². The molecule has 62 valence electrons. The molecule has 1 aromatic heterocycles. The Bertz CT molecular complexity index is 343. The van der Waals surface area contributed by atoms with Crippen LogP contribution in [0.15, 0.2) is 6.20 Å². The predicted octanol–water partition coefficient (Wildman–Crippen LogP) is 2.06. The van der Waals surface area contributed by atoms with Crippen LogP contribution in [0.25, 0.3) is 0 Å². The number of nitrogens with zero attached hydrogens (tertiary/aromatic N) is 2. The SMILES string of the molecule is SCC#Cc1cnc(Cl)nc1Cl. The minimum atomic E-state index is 0.122. The van der Waals surface area contributed by atoms with E-state index in [4.69, 9.17) is 23.2 Å². The van der Waals surface area contributed by atoms with Gasteiger partial charge in [-0.15, -0.1) is 0 Å². The van der Waals surface area contributed by atoms with Crippen LogP contribution in [0.2, 0.25) is 10.4 Å². The quantitative estimate of drug-likeness (QED) is 0.313. The summed E-state index contributed by atoms with van der Waals surface area (Å²) < 4.78 is 0. The van der Waals surface area contributed by atoms with Gasteiger partial charge in [-0.05, 0) is 11.6 Å². The number of hydrogen-bond donors (Lipinski definition) is 1. The number of aromatic nitrogens is 2. The molecule has 0 saturated carbocycles. The van der Waals surface area contributed by atoms with Crippen LogP contribution >= 0.6 is 35.8 Å². The van der Waals surface area contributed by atoms with Gasteiger partial charge < -0.3 is 0 Å². The van der Waals surface area contributed by atoms with Crippen molar-refractivity contribution in [3.05, 3.63) is 22.2 Å². The van der Waals surface area contributed by atoms with E-state index in [1.54, 1.807) is 0 Å². The van der Waals surface area contributed by atoms with Gasteiger partial charge in [0.1, 0.15) is 5.15 Å². The molecule has 1 rings (SSSR count). The summed E-state index contributed by atoms with van der Waals surface area (Å²) in [4.78, 5) is 7.45. The molecule has 0 atom stereocenters. The second-order valence-corrected chi connectivity index (χ2v) is 2.82. The lowest BCUT2D eigenvalue weighted by atomic mass is 10.3. The van der Waals surface area contributed by atoms with E-state index in [0.717, 1.165) is 0 Å². The van der Waals surface area contributed by atoms with Crippen molar-refractivity contribution in [1.82, 2.24) is 9.97 Å². The number of halogens is 2. The van der Waals surface area contributed by atoms with E-state index in [1.165, 1.54) is 6.20 Å². The molecule has 0 saturated heterocycles. The molecule has 0 unspecified atom stereocenters. The second-order valence-electron chi connectivity index (χ2n) is 1.80. The van der Waals surface area contributed by atoms with Crippen molar-refractivity contribution in [2.24, 2.45) is 0 Å². The van der Waals surface area contributed by atoms with Gasteiger partial charge in [0.25, 0.3) is 0 Å². The Morgan fingerprint density at radius 2 is 2.25 bits per heavy atom. The van der Waals surface area contributed by atoms with Gasteiger partial charge in [-0.3, -0.25) is 0 Å². The van der Waals surface area contributed by atoms with Gasteiger partial charge in [-0.1, -0.05) is 23.4 Å². The topological polar surface area (TPSA) is 25.8 Å². The lowest BCUT2D eigenvalue weighted by molar-refractivity contribution is 1.16. The molecule has 0 aromatic carbocycles. The first-order valence-electron chi connectivity index (χ1n) is 3.02. The van der Waals surface area contributed by atoms with E-state index >= 15 is 0 Å². The zero-order chi connectivity index (χ0) is 8.97. The Hall–Kier alpha value is -0.430. The van der Waals surface area contributed by atoms with Crippen molar-refractivity contribution in [1.29, 1.82) is 0 Å². The zero-order valence-corrected chi connectivity index (χ0v) is 8.29. The van der Waals surface area contributed by atoms with Crippen LogP contribution in [0.1, 0.15) is 5.56 Å². The molecule has 0 aliphatic carbocycles. The number of thiol groups is 1. The molecule has 0 fully saturated rings. The Morgan fingerprint density at radius 3 is 2.83 bits per heavy atom. The monoisotopic (exact) mass is 218 g/mol. The highest BCUT2D eigenvalue weighted by atomic mass is 35.5. The number of rotatable bonds is 0. The Labute approximate surface area is 85.7 Å². The summed E-state index contributed by atoms with van der Waals surface area (Å²) >= 11 is 15.1. The van der Waals surface area contributed by atoms with E-state index in [1.807, 2.05) is 0 Å². The molecule has 0 aliphatic rings. The van der Waals surface area contributed by atoms with E-state index < -0.39 is 0 Å². The minimum Gasteiger partial charge on any atom is -0.225 e. The summed E-state index contributed by atoms with van der Waals surface area (Å²) in [6, 6.07) is 0. The molecule has 0 radical (unpaired) electrons. The Morgan fingerprint density at radius 1 is 1.50 bits per heavy atom. The molecular weight excluding hydrogens is 215 g/mol. The fourth-order valence-electron chi connectivity index (χ4n) is 0.560. The van der Waals surface area contributed by atoms with E-state index in [9.17, 15) is 0 Å². The zero-order valence-electron chi connectivity index (χ0n) is 5.88. The van der Waals surface area contributed by atoms with Gasteiger partial charge in [0.05, 0.1) is 11.3 Å². The average Bonchev–Trinajstić information content (AvgIpc) is 2.03. The van der Waals surface area contributed by atoms with Crippen molar-refractivity contribution >= 4 is 35.8 Å². The fraction of sp³-hybridized carbons (Fsp3) is 0.143. The van der Waals surface area contributed by atoms with Crippen molar-refractivity contribution in [3.8, 4) is 11.8 Å². The molecule has 0 N–H and O–H groups in total. The first kappa shape index (κ1) is 9.66. The standard InChI is InChI=1S/C7H4Cl2N2S/c8-6-5(2-1-3-12)4-10-7(9)11-6/h4,12H,3H2. The van der Waals surface area contributed by atoms with E-state index in [0.29, 0.717) is 11.3 Å². The van der Waals surface area contributed by atoms with Gasteiger partial charge in [0, 0.05) is 6.20 Å². The van der Waals surface area contributed by atoms with E-state index in [2.05, 4.69) is 34.4 Å². The van der Waals surface area contributed by atoms with Crippen LogP contribution in [0.4, 0.5) is 0 Å². The Kier molecular flexibility index (Phi) is 3.67. The summed E-state index contributed by atoms with van der Waals surface area (Å²) in [5.74, 6) is 5.95. The van der Waals surface area contributed by atoms with Crippen LogP contribution in [-0.4, -0.2) is 15.7 Å². The normalized spacial score (nSPS) is 8.92. The summed E-state index contributed by atoms with van der Waals surface area (Å²) in [5, 5.41) is 0.390. The summed E-state index contributed by atoms with van der Waals surface area (Å²) in [6.07, 6.45) is 1.48. The third kappa shape index (κ3) is 2.56. The highest BCUT2D eigenvalue weighted by Gasteiger charge is 1.99. The highest BCUT2D eigenvalue weighted by Crippen LogP contribution is 2.12. The number of hydrogen-bond acceptors (Lipinski definition) is 3. The van der Waals surface area contributed by atoms with Gasteiger partial charge >= 0.3 is 0 Å². The Balaban J connectivity index is 3.01. The van der Waals surface area contributed by atoms with Crippen LogP contribution < -0.4 is 0 Å². The molecule has 1 heterocycles. The molecule has 0 amide bonds. The third-order valence-corrected chi connectivity index (χ3v) is 1.64. The molecule has 0 spiro atoms. The average molecular weight is 219 g/mol. The minimum absolute atomic E-state index is 0.122. The van der Waals surface area contributed by atoms with Gasteiger partial charge in [-0.25, -0.2) is 9.97 Å². The second kappa shape index (κ2) is 4.56. The van der Waals surface area contributed by atoms with Crippen LogP contribution in [-0.2, 0) is 0 Å². The lowest BCUT2D eigenvalue weighted by Gasteiger charge is -1.93. The van der Waals surface area contributed by atoms with Gasteiger partial charge in [0.15, 0.2) is 0 Å². The summed E-state index contributed by atoms with van der Waals surface area (Å²) in [7, 11) is 0. The largest absolute Gasteiger partial charge is 0.225 e. The molecule has 1 aromatic rings. The summed E-state index contributed by atoms with van der Waals surface area (Å²) in [5.41, 5.74) is 0.565. The maximum atomic E-state index is 5.70. The molecule has 0 aliphatic heterocycles. The van der Waals surface area contributed by atoms with Crippen molar-refractivity contribution in [2.75, 3.05) is 5.75 Å². The molecule has 12 heavy (non-hydrogen) atoms. The molecule has 0 bridgehead atoms. The van der Waals surface area contributed by atoms with Crippen molar-refractivity contribution in [2.45, 2.75) is 0 Å². The van der Waals surface area contributed by atoms with Gasteiger partial charge in [0.2, 0.25) is 5.28 Å². The van der Waals surface area contributed by atoms with Crippen LogP contribution in [0.5, 0.6) is 0 Å². The maximum Gasteiger partial charge on any atom is 0.223 e. The summed E-state index contributed by atoms with van der Waals surface area (Å²) in [6.45, 7) is 0. The smallest absolute Gasteiger partial charge is 0.223 e. The van der Waals surface area contributed by atoms with Crippen LogP contribution in [0, 0.1) is 11.8 Å². The predicted molar refractivity (Wildman–Crippen MR) is 52.8 cm³/mol. The van der Waals surface area contributed by atoms with Gasteiger partial charge in [-0.2, -0.15) is 12.6 Å².